The molecule has 0 aromatic rings. The molecule has 0 aromatic heterocycles. The van der Waals surface area contributed by atoms with E-state index in [0.717, 1.165) is 19.4 Å². The summed E-state index contributed by atoms with van der Waals surface area (Å²) >= 11 is 0. The molecule has 0 spiro atoms. The molecular formula is C12H21ClN2O4. The first-order valence-electron chi connectivity index (χ1n) is 6.42. The summed E-state index contributed by atoms with van der Waals surface area (Å²) in [7, 11) is 1.74. The van der Waals surface area contributed by atoms with Gasteiger partial charge in [-0.25, -0.2) is 0 Å². The highest BCUT2D eigenvalue weighted by Crippen LogP contribution is 2.12. The largest absolute Gasteiger partial charge is 0.463 e. The third kappa shape index (κ3) is 4.63. The zero-order valence-electron chi connectivity index (χ0n) is 11.1. The molecule has 1 amide bonds. The lowest BCUT2D eigenvalue weighted by Gasteiger charge is -2.29. The van der Waals surface area contributed by atoms with E-state index >= 15 is 0 Å². The molecule has 2 aliphatic heterocycles. The molecule has 19 heavy (non-hydrogen) atoms. The van der Waals surface area contributed by atoms with Crippen molar-refractivity contribution in [3.63, 3.8) is 0 Å². The van der Waals surface area contributed by atoms with Crippen molar-refractivity contribution in [3.05, 3.63) is 0 Å². The SMILES string of the molecule is CN1CCNC(CC(=O)OCC2CCCO2)C1=O.Cl. The molecule has 0 saturated carbocycles. The van der Waals surface area contributed by atoms with Crippen LogP contribution in [0.3, 0.4) is 0 Å². The minimum absolute atomic E-state index is 0. The lowest BCUT2D eigenvalue weighted by Crippen LogP contribution is -2.54. The molecule has 0 aromatic carbocycles. The summed E-state index contributed by atoms with van der Waals surface area (Å²) in [6.45, 7) is 2.44. The average Bonchev–Trinajstić information content (AvgIpc) is 2.86. The van der Waals surface area contributed by atoms with Crippen molar-refractivity contribution >= 4 is 24.3 Å². The average molecular weight is 293 g/mol. The number of esters is 1. The Morgan fingerprint density at radius 2 is 2.37 bits per heavy atom. The van der Waals surface area contributed by atoms with E-state index in [4.69, 9.17) is 9.47 Å². The maximum absolute atomic E-state index is 11.8. The van der Waals surface area contributed by atoms with Gasteiger partial charge in [-0.15, -0.1) is 12.4 Å². The van der Waals surface area contributed by atoms with Gasteiger partial charge in [0.1, 0.15) is 6.61 Å². The second kappa shape index (κ2) is 7.67. The van der Waals surface area contributed by atoms with Crippen molar-refractivity contribution < 1.29 is 19.1 Å². The summed E-state index contributed by atoms with van der Waals surface area (Å²) in [5.74, 6) is -0.387. The Balaban J connectivity index is 0.00000180. The number of piperazine rings is 1. The number of hydrogen-bond donors (Lipinski definition) is 1. The Morgan fingerprint density at radius 3 is 3.05 bits per heavy atom. The lowest BCUT2D eigenvalue weighted by atomic mass is 10.1. The summed E-state index contributed by atoms with van der Waals surface area (Å²) < 4.78 is 10.5. The van der Waals surface area contributed by atoms with Crippen LogP contribution in [0.15, 0.2) is 0 Å². The predicted octanol–water partition coefficient (Wildman–Crippen LogP) is -0.0493. The molecule has 0 bridgehead atoms. The molecule has 7 heteroatoms. The maximum Gasteiger partial charge on any atom is 0.308 e. The van der Waals surface area contributed by atoms with Gasteiger partial charge >= 0.3 is 5.97 Å². The highest BCUT2D eigenvalue weighted by atomic mass is 35.5. The fraction of sp³-hybridized carbons (Fsp3) is 0.833. The number of carbonyl (C=O) groups excluding carboxylic acids is 2. The fourth-order valence-corrected chi connectivity index (χ4v) is 2.22. The van der Waals surface area contributed by atoms with E-state index in [9.17, 15) is 9.59 Å². The normalized spacial score (nSPS) is 27.0. The molecular weight excluding hydrogens is 272 g/mol. The Hall–Kier alpha value is -0.850. The van der Waals surface area contributed by atoms with Gasteiger partial charge in [0, 0.05) is 26.7 Å². The van der Waals surface area contributed by atoms with E-state index in [0.29, 0.717) is 19.7 Å². The van der Waals surface area contributed by atoms with E-state index in [1.165, 1.54) is 0 Å². The van der Waals surface area contributed by atoms with Gasteiger partial charge in [0.05, 0.1) is 18.6 Å². The van der Waals surface area contributed by atoms with Crippen LogP contribution < -0.4 is 5.32 Å². The fourth-order valence-electron chi connectivity index (χ4n) is 2.22. The molecule has 2 heterocycles. The third-order valence-electron chi connectivity index (χ3n) is 3.34. The molecule has 0 radical (unpaired) electrons. The highest BCUT2D eigenvalue weighted by Gasteiger charge is 2.28. The van der Waals surface area contributed by atoms with Gasteiger partial charge in [0.2, 0.25) is 5.91 Å². The molecule has 110 valence electrons. The van der Waals surface area contributed by atoms with Crippen molar-refractivity contribution in [1.29, 1.82) is 0 Å². The Morgan fingerprint density at radius 1 is 1.58 bits per heavy atom. The van der Waals surface area contributed by atoms with Crippen LogP contribution in [-0.4, -0.2) is 62.3 Å². The first-order valence-corrected chi connectivity index (χ1v) is 6.42. The van der Waals surface area contributed by atoms with Gasteiger partial charge in [-0.2, -0.15) is 0 Å². The van der Waals surface area contributed by atoms with E-state index in [-0.39, 0.29) is 36.8 Å². The maximum atomic E-state index is 11.8. The van der Waals surface area contributed by atoms with Gasteiger partial charge in [0.25, 0.3) is 0 Å². The Labute approximate surface area is 119 Å². The third-order valence-corrected chi connectivity index (χ3v) is 3.34. The number of carbonyl (C=O) groups is 2. The molecule has 2 atom stereocenters. The van der Waals surface area contributed by atoms with Crippen LogP contribution in [0.1, 0.15) is 19.3 Å². The summed E-state index contributed by atoms with van der Waals surface area (Å²) in [4.78, 5) is 25.0. The second-order valence-corrected chi connectivity index (χ2v) is 4.79. The molecule has 2 fully saturated rings. The van der Waals surface area contributed by atoms with Crippen molar-refractivity contribution in [1.82, 2.24) is 10.2 Å². The number of nitrogens with one attached hydrogen (secondary N) is 1. The van der Waals surface area contributed by atoms with Gasteiger partial charge in [-0.3, -0.25) is 9.59 Å². The molecule has 6 nitrogen and oxygen atoms in total. The monoisotopic (exact) mass is 292 g/mol. The van der Waals surface area contributed by atoms with Gasteiger partial charge in [-0.1, -0.05) is 0 Å². The molecule has 2 aliphatic rings. The van der Waals surface area contributed by atoms with Crippen molar-refractivity contribution in [2.24, 2.45) is 0 Å². The minimum Gasteiger partial charge on any atom is -0.463 e. The lowest BCUT2D eigenvalue weighted by molar-refractivity contribution is -0.150. The first-order chi connectivity index (χ1) is 8.66. The summed E-state index contributed by atoms with van der Waals surface area (Å²) in [6.07, 6.45) is 2.09. The van der Waals surface area contributed by atoms with Crippen LogP contribution in [0.5, 0.6) is 0 Å². The number of halogens is 1. The van der Waals surface area contributed by atoms with Gasteiger partial charge in [0.15, 0.2) is 0 Å². The van der Waals surface area contributed by atoms with Crippen LogP contribution in [0, 0.1) is 0 Å². The van der Waals surface area contributed by atoms with Crippen molar-refractivity contribution in [2.45, 2.75) is 31.4 Å². The number of rotatable bonds is 4. The number of amides is 1. The smallest absolute Gasteiger partial charge is 0.308 e. The number of nitrogens with zero attached hydrogens (tertiary/aromatic N) is 1. The predicted molar refractivity (Wildman–Crippen MR) is 71.2 cm³/mol. The molecule has 2 unspecified atom stereocenters. The number of ether oxygens (including phenoxy) is 2. The molecule has 1 N–H and O–H groups in total. The quantitative estimate of drug-likeness (QED) is 0.736. The molecule has 0 aliphatic carbocycles. The second-order valence-electron chi connectivity index (χ2n) is 4.79. The van der Waals surface area contributed by atoms with Crippen LogP contribution in [0.25, 0.3) is 0 Å². The highest BCUT2D eigenvalue weighted by molar-refractivity contribution is 5.87. The zero-order valence-corrected chi connectivity index (χ0v) is 11.9. The molecule has 2 saturated heterocycles. The minimum atomic E-state index is -0.444. The van der Waals surface area contributed by atoms with E-state index in [1.54, 1.807) is 11.9 Å². The Kier molecular flexibility index (Phi) is 6.54. The van der Waals surface area contributed by atoms with Gasteiger partial charge in [-0.05, 0) is 12.8 Å². The summed E-state index contributed by atoms with van der Waals surface area (Å²) in [5.41, 5.74) is 0. The molecule has 2 rings (SSSR count). The topological polar surface area (TPSA) is 67.9 Å². The van der Waals surface area contributed by atoms with E-state index < -0.39 is 6.04 Å². The Bertz CT molecular complexity index is 321. The zero-order chi connectivity index (χ0) is 13.0. The van der Waals surface area contributed by atoms with Crippen LogP contribution in [0.4, 0.5) is 0 Å². The summed E-state index contributed by atoms with van der Waals surface area (Å²) in [6, 6.07) is -0.444. The van der Waals surface area contributed by atoms with Gasteiger partial charge < -0.3 is 19.7 Å². The van der Waals surface area contributed by atoms with Crippen LogP contribution in [0.2, 0.25) is 0 Å². The number of likely N-dealkylation sites (N-methyl/N-ethyl adjacent to an activating group) is 1. The van der Waals surface area contributed by atoms with Crippen LogP contribution in [-0.2, 0) is 19.1 Å². The van der Waals surface area contributed by atoms with Crippen LogP contribution >= 0.6 is 12.4 Å². The first kappa shape index (κ1) is 16.2. The van der Waals surface area contributed by atoms with Crippen molar-refractivity contribution in [2.75, 3.05) is 33.4 Å². The van der Waals surface area contributed by atoms with E-state index in [1.807, 2.05) is 0 Å². The summed E-state index contributed by atoms with van der Waals surface area (Å²) in [5, 5.41) is 3.03. The standard InChI is InChI=1S/C12H20N2O4.ClH/c1-14-5-4-13-10(12(14)16)7-11(15)18-8-9-3-2-6-17-9;/h9-10,13H,2-8H2,1H3;1H. The van der Waals surface area contributed by atoms with Crippen molar-refractivity contribution in [3.8, 4) is 0 Å². The van der Waals surface area contributed by atoms with E-state index in [2.05, 4.69) is 5.32 Å². The number of hydrogen-bond acceptors (Lipinski definition) is 5.